The molecule has 2 aliphatic heterocycles. The van der Waals surface area contributed by atoms with E-state index >= 15 is 0 Å². The zero-order chi connectivity index (χ0) is 43.3. The van der Waals surface area contributed by atoms with Crippen LogP contribution in [0.25, 0.3) is 0 Å². The molecule has 2 aromatic rings. The van der Waals surface area contributed by atoms with Gasteiger partial charge in [0, 0.05) is 13.1 Å². The summed E-state index contributed by atoms with van der Waals surface area (Å²) in [5.41, 5.74) is 4.58. The normalized spacial score (nSPS) is 24.6. The second kappa shape index (κ2) is 22.4. The van der Waals surface area contributed by atoms with Crippen LogP contribution in [0.5, 0.6) is 0 Å². The van der Waals surface area contributed by atoms with Gasteiger partial charge in [0.25, 0.3) is 0 Å². The Labute approximate surface area is 357 Å². The van der Waals surface area contributed by atoms with Crippen LogP contribution in [-0.4, -0.2) is 152 Å². The summed E-state index contributed by atoms with van der Waals surface area (Å²) in [6.45, 7) is 12.6. The van der Waals surface area contributed by atoms with E-state index in [0.29, 0.717) is 32.7 Å². The summed E-state index contributed by atoms with van der Waals surface area (Å²) in [7, 11) is 0. The fourth-order valence-corrected chi connectivity index (χ4v) is 9.59. The number of hydrogen-bond donors (Lipinski definition) is 8. The first kappa shape index (κ1) is 48.3. The zero-order valence-electron chi connectivity index (χ0n) is 35.2. The molecule has 4 rings (SSSR count). The number of carbonyl (C=O) groups excluding carboxylic acids is 5. The molecule has 0 spiro atoms. The summed E-state index contributed by atoms with van der Waals surface area (Å²) >= 11 is -0.735. The molecule has 2 fully saturated rings. The summed E-state index contributed by atoms with van der Waals surface area (Å²) in [6, 6.07) is 8.13. The number of morpholine rings is 1. The number of nitrogens with one attached hydrogen (secondary N) is 5. The first-order chi connectivity index (χ1) is 27.9. The van der Waals surface area contributed by atoms with Crippen molar-refractivity contribution in [1.29, 1.82) is 0 Å². The standard InChI is InChI=1S/C42H65N7O9Te/c1-26(2)21-32(46-38(52)31(15-14-29-11-8-7-9-12-29)45-35(50)24-49-16-18-57-19-17-49)39(53)47-33(23-30-13-10-20-59-30)40(54)48-34(22-27(3)4)42(56)41(6,55)25-44-36(37(43)51)28(5)58-42/h7-13,20,26-28,31-34,36,44,55-56H,14-19,21-25H2,1-6H3,(H2,43,51)(H,45,50)(H,46,52)(H,47,53)(H,48,54)/t28-,31+,32+,33+,34+,36+,41-,42+/m1/s1. The quantitative estimate of drug-likeness (QED) is 0.0796. The van der Waals surface area contributed by atoms with Crippen molar-refractivity contribution < 1.29 is 43.7 Å². The topological polar surface area (TPSA) is 234 Å². The SMILES string of the molecule is CC(C)C[C@H](NC(=O)[C@H](CCc1ccccc1)NC(=O)CN1CCOCC1)C(=O)N[C@@H](Cc1ccc[te]1)C(=O)N[C@@H](CC(C)C)[C@]1(O)O[C@H](C)[C@@H](C(N)=O)NC[C@@]1(C)O. The zero-order valence-corrected chi connectivity index (χ0v) is 37.5. The van der Waals surface area contributed by atoms with Crippen molar-refractivity contribution in [3.05, 3.63) is 55.7 Å². The Hall–Kier alpha value is -3.40. The molecule has 8 atom stereocenters. The van der Waals surface area contributed by atoms with Crippen LogP contribution in [0.15, 0.2) is 46.5 Å². The minimum atomic E-state index is -2.38. The molecule has 2 aliphatic rings. The number of amides is 5. The molecular formula is C42H65N7O9Te. The van der Waals surface area contributed by atoms with Gasteiger partial charge in [-0.25, -0.2) is 0 Å². The minimum absolute atomic E-state index is 0.0372. The molecule has 16 nitrogen and oxygen atoms in total. The fourth-order valence-electron chi connectivity index (χ4n) is 7.44. The molecule has 1 aromatic heterocycles. The number of β-amino-alcohol motifs (C(OH)–C–C–N with tert-alkyl or cyclic N) is 1. The Kier molecular flexibility index (Phi) is 18.4. The number of primary amides is 1. The van der Waals surface area contributed by atoms with E-state index in [-0.39, 0.29) is 56.5 Å². The van der Waals surface area contributed by atoms with E-state index in [1.165, 1.54) is 6.92 Å². The van der Waals surface area contributed by atoms with Crippen molar-refractivity contribution >= 4 is 50.0 Å². The summed E-state index contributed by atoms with van der Waals surface area (Å²) in [4.78, 5) is 70.3. The molecule has 2 saturated heterocycles. The third kappa shape index (κ3) is 14.4. The Balaban J connectivity index is 1.57. The van der Waals surface area contributed by atoms with Crippen LogP contribution in [0, 0.1) is 11.8 Å². The Morgan fingerprint density at radius 2 is 1.51 bits per heavy atom. The van der Waals surface area contributed by atoms with Gasteiger partial charge in [-0.1, -0.05) is 30.3 Å². The summed E-state index contributed by atoms with van der Waals surface area (Å²) in [6.07, 6.45) is 0.408. The van der Waals surface area contributed by atoms with Gasteiger partial charge < -0.3 is 4.74 Å². The number of carbonyl (C=O) groups is 5. The van der Waals surface area contributed by atoms with Crippen molar-refractivity contribution in [1.82, 2.24) is 31.5 Å². The second-order valence-electron chi connectivity index (χ2n) is 16.8. The monoisotopic (exact) mass is 941 g/mol. The molecule has 0 saturated carbocycles. The van der Waals surface area contributed by atoms with E-state index in [9.17, 15) is 34.2 Å². The van der Waals surface area contributed by atoms with E-state index in [1.807, 2.05) is 75.1 Å². The summed E-state index contributed by atoms with van der Waals surface area (Å²) in [5, 5.41) is 38.3. The molecule has 328 valence electrons. The van der Waals surface area contributed by atoms with Crippen molar-refractivity contribution in [3.63, 3.8) is 0 Å². The molecule has 0 aliphatic carbocycles. The number of nitrogens with two attached hydrogens (primary N) is 1. The van der Waals surface area contributed by atoms with Crippen molar-refractivity contribution in [3.8, 4) is 0 Å². The molecule has 9 N–H and O–H groups in total. The van der Waals surface area contributed by atoms with Crippen LogP contribution in [0.3, 0.4) is 0 Å². The van der Waals surface area contributed by atoms with E-state index in [1.54, 1.807) is 6.92 Å². The summed E-state index contributed by atoms with van der Waals surface area (Å²) in [5.74, 6) is -5.28. The number of aryl methyl sites for hydroxylation is 1. The van der Waals surface area contributed by atoms with Gasteiger partial charge >= 0.3 is 293 Å². The Morgan fingerprint density at radius 3 is 2.12 bits per heavy atom. The average Bonchev–Trinajstić information content (AvgIpc) is 3.66. The van der Waals surface area contributed by atoms with Crippen molar-refractivity contribution in [2.24, 2.45) is 17.6 Å². The molecule has 17 heteroatoms. The van der Waals surface area contributed by atoms with Gasteiger partial charge in [-0.2, -0.15) is 0 Å². The fraction of sp³-hybridized carbons (Fsp3) is 0.643. The molecule has 1 aromatic carbocycles. The van der Waals surface area contributed by atoms with Crippen LogP contribution in [-0.2, 0) is 46.3 Å². The van der Waals surface area contributed by atoms with Gasteiger partial charge in [0.1, 0.15) is 0 Å². The van der Waals surface area contributed by atoms with Gasteiger partial charge in [-0.05, 0) is 0 Å². The molecule has 0 unspecified atom stereocenters. The number of aliphatic hydroxyl groups is 2. The van der Waals surface area contributed by atoms with E-state index in [0.717, 1.165) is 9.14 Å². The number of rotatable bonds is 20. The van der Waals surface area contributed by atoms with Gasteiger partial charge in [0.05, 0.1) is 13.2 Å². The van der Waals surface area contributed by atoms with E-state index in [2.05, 4.69) is 30.7 Å². The summed E-state index contributed by atoms with van der Waals surface area (Å²) < 4.78 is 14.5. The van der Waals surface area contributed by atoms with Gasteiger partial charge in [-0.15, -0.1) is 0 Å². The van der Waals surface area contributed by atoms with Crippen molar-refractivity contribution in [2.75, 3.05) is 39.4 Å². The third-order valence-corrected chi connectivity index (χ3v) is 13.3. The predicted octanol–water partition coefficient (Wildman–Crippen LogP) is -0.416. The molecule has 3 heterocycles. The first-order valence-corrected chi connectivity index (χ1v) is 23.1. The molecule has 0 bridgehead atoms. The predicted molar refractivity (Wildman–Crippen MR) is 223 cm³/mol. The van der Waals surface area contributed by atoms with Crippen LogP contribution in [0.1, 0.15) is 69.9 Å². The Bertz CT molecular complexity index is 1670. The number of ether oxygens (including phenoxy) is 2. The van der Waals surface area contributed by atoms with E-state index < -0.39 is 91.8 Å². The van der Waals surface area contributed by atoms with Crippen LogP contribution in [0.2, 0.25) is 0 Å². The van der Waals surface area contributed by atoms with Gasteiger partial charge in [0.15, 0.2) is 0 Å². The molecule has 5 amide bonds. The van der Waals surface area contributed by atoms with Crippen LogP contribution in [0.4, 0.5) is 0 Å². The van der Waals surface area contributed by atoms with Gasteiger partial charge in [-0.3, -0.25) is 4.90 Å². The number of benzene rings is 1. The van der Waals surface area contributed by atoms with Gasteiger partial charge in [0.2, 0.25) is 0 Å². The van der Waals surface area contributed by atoms with Crippen LogP contribution >= 0.6 is 0 Å². The number of nitrogens with zero attached hydrogens (tertiary/aromatic N) is 1. The maximum atomic E-state index is 14.4. The van der Waals surface area contributed by atoms with E-state index in [4.69, 9.17) is 15.2 Å². The number of hydrogen-bond acceptors (Lipinski definition) is 11. The molecule has 59 heavy (non-hydrogen) atoms. The van der Waals surface area contributed by atoms with Crippen LogP contribution < -0.4 is 32.3 Å². The third-order valence-electron chi connectivity index (χ3n) is 10.7. The van der Waals surface area contributed by atoms with Crippen molar-refractivity contribution in [2.45, 2.75) is 121 Å². The Morgan fingerprint density at radius 1 is 0.881 bits per heavy atom. The maximum absolute atomic E-state index is 14.4. The first-order valence-electron chi connectivity index (χ1n) is 20.6. The molecule has 0 radical (unpaired) electrons. The molecular weight excluding hydrogens is 874 g/mol. The second-order valence-corrected chi connectivity index (χ2v) is 19.8. The average molecular weight is 940 g/mol.